The number of nitrogens with two attached hydrogens (primary N) is 1. The van der Waals surface area contributed by atoms with Gasteiger partial charge in [-0.25, -0.2) is 0 Å². The van der Waals surface area contributed by atoms with Gasteiger partial charge in [0.25, 0.3) is 0 Å². The molecule has 3 N–H and O–H groups in total. The van der Waals surface area contributed by atoms with Crippen molar-refractivity contribution < 1.29 is 4.79 Å². The Labute approximate surface area is 119 Å². The van der Waals surface area contributed by atoms with Crippen LogP contribution >= 0.6 is 0 Å². The number of carbonyl (C=O) groups excluding carboxylic acids is 1. The second kappa shape index (κ2) is 8.57. The van der Waals surface area contributed by atoms with E-state index >= 15 is 0 Å². The van der Waals surface area contributed by atoms with E-state index in [0.29, 0.717) is 17.8 Å². The normalized spacial score (nSPS) is 16.6. The number of hydrogen-bond donors (Lipinski definition) is 2. The highest BCUT2D eigenvalue weighted by molar-refractivity contribution is 5.85. The fourth-order valence-electron chi connectivity index (χ4n) is 3.17. The van der Waals surface area contributed by atoms with E-state index in [1.165, 1.54) is 0 Å². The van der Waals surface area contributed by atoms with Crippen molar-refractivity contribution in [2.24, 2.45) is 23.5 Å². The standard InChI is InChI=1S/C16H34N2O/c1-7-13(12(5)6)11-18-16(10-4,15(17)19)14(8-2)9-3/h12-14,18H,7-11H2,1-6H3,(H2,17,19). The van der Waals surface area contributed by atoms with Gasteiger partial charge in [-0.3, -0.25) is 4.79 Å². The van der Waals surface area contributed by atoms with Crippen molar-refractivity contribution in [3.8, 4) is 0 Å². The maximum Gasteiger partial charge on any atom is 0.238 e. The van der Waals surface area contributed by atoms with Gasteiger partial charge in [0.2, 0.25) is 5.91 Å². The molecule has 0 saturated heterocycles. The highest BCUT2D eigenvalue weighted by Crippen LogP contribution is 2.28. The number of primary amides is 1. The van der Waals surface area contributed by atoms with Crippen molar-refractivity contribution in [1.82, 2.24) is 5.32 Å². The van der Waals surface area contributed by atoms with Crippen molar-refractivity contribution in [1.29, 1.82) is 0 Å². The molecule has 0 saturated carbocycles. The maximum absolute atomic E-state index is 12.0. The number of rotatable bonds is 10. The first-order valence-corrected chi connectivity index (χ1v) is 7.94. The quantitative estimate of drug-likeness (QED) is 0.640. The van der Waals surface area contributed by atoms with Crippen LogP contribution in [0.25, 0.3) is 0 Å². The molecule has 0 aromatic carbocycles. The van der Waals surface area contributed by atoms with Crippen LogP contribution in [-0.4, -0.2) is 18.0 Å². The van der Waals surface area contributed by atoms with Gasteiger partial charge < -0.3 is 11.1 Å². The SMILES string of the molecule is CCC(CNC(CC)(C(N)=O)C(CC)CC)C(C)C. The van der Waals surface area contributed by atoms with Gasteiger partial charge in [-0.05, 0) is 30.7 Å². The molecule has 3 nitrogen and oxygen atoms in total. The minimum Gasteiger partial charge on any atom is -0.368 e. The van der Waals surface area contributed by atoms with Crippen LogP contribution in [0.15, 0.2) is 0 Å². The second-order valence-corrected chi connectivity index (χ2v) is 6.00. The highest BCUT2D eigenvalue weighted by Gasteiger charge is 2.40. The van der Waals surface area contributed by atoms with E-state index in [-0.39, 0.29) is 5.91 Å². The van der Waals surface area contributed by atoms with E-state index in [4.69, 9.17) is 5.73 Å². The Morgan fingerprint density at radius 2 is 1.63 bits per heavy atom. The molecule has 0 spiro atoms. The lowest BCUT2D eigenvalue weighted by molar-refractivity contribution is -0.127. The topological polar surface area (TPSA) is 55.1 Å². The molecule has 0 heterocycles. The van der Waals surface area contributed by atoms with Crippen LogP contribution in [0.1, 0.15) is 67.2 Å². The number of amides is 1. The van der Waals surface area contributed by atoms with Crippen LogP contribution in [0.3, 0.4) is 0 Å². The van der Waals surface area contributed by atoms with Crippen molar-refractivity contribution in [2.45, 2.75) is 72.8 Å². The Hall–Kier alpha value is -0.570. The largest absolute Gasteiger partial charge is 0.368 e. The van der Waals surface area contributed by atoms with Crippen molar-refractivity contribution in [2.75, 3.05) is 6.54 Å². The molecular formula is C16H34N2O. The monoisotopic (exact) mass is 270 g/mol. The van der Waals surface area contributed by atoms with E-state index in [1.807, 2.05) is 0 Å². The zero-order valence-electron chi connectivity index (χ0n) is 13.8. The molecule has 0 aromatic rings. The third-order valence-electron chi connectivity index (χ3n) is 4.83. The molecule has 2 unspecified atom stereocenters. The van der Waals surface area contributed by atoms with Gasteiger partial charge in [0, 0.05) is 0 Å². The lowest BCUT2D eigenvalue weighted by Gasteiger charge is -2.39. The Bertz CT molecular complexity index is 261. The second-order valence-electron chi connectivity index (χ2n) is 6.00. The predicted molar refractivity (Wildman–Crippen MR) is 82.9 cm³/mol. The fraction of sp³-hybridized carbons (Fsp3) is 0.938. The molecule has 0 radical (unpaired) electrons. The van der Waals surface area contributed by atoms with Gasteiger partial charge in [-0.1, -0.05) is 60.8 Å². The average molecular weight is 270 g/mol. The molecule has 0 aliphatic rings. The molecule has 3 heteroatoms. The molecule has 0 rings (SSSR count). The first kappa shape index (κ1) is 18.4. The zero-order chi connectivity index (χ0) is 15.1. The summed E-state index contributed by atoms with van der Waals surface area (Å²) in [4.78, 5) is 12.0. The van der Waals surface area contributed by atoms with E-state index in [1.54, 1.807) is 0 Å². The van der Waals surface area contributed by atoms with Gasteiger partial charge in [-0.2, -0.15) is 0 Å². The molecule has 0 aliphatic heterocycles. The van der Waals surface area contributed by atoms with Crippen LogP contribution in [0.5, 0.6) is 0 Å². The van der Waals surface area contributed by atoms with Crippen molar-refractivity contribution >= 4 is 5.91 Å². The van der Waals surface area contributed by atoms with E-state index in [2.05, 4.69) is 46.9 Å². The van der Waals surface area contributed by atoms with Gasteiger partial charge >= 0.3 is 0 Å². The number of nitrogens with one attached hydrogen (secondary N) is 1. The summed E-state index contributed by atoms with van der Waals surface area (Å²) in [5.41, 5.74) is 5.20. The molecule has 0 aliphatic carbocycles. The van der Waals surface area contributed by atoms with Gasteiger partial charge in [0.05, 0.1) is 0 Å². The summed E-state index contributed by atoms with van der Waals surface area (Å²) < 4.78 is 0. The van der Waals surface area contributed by atoms with Crippen molar-refractivity contribution in [3.05, 3.63) is 0 Å². The Kier molecular flexibility index (Phi) is 8.31. The van der Waals surface area contributed by atoms with Crippen molar-refractivity contribution in [3.63, 3.8) is 0 Å². The molecule has 114 valence electrons. The minimum absolute atomic E-state index is 0.192. The predicted octanol–water partition coefficient (Wildman–Crippen LogP) is 3.33. The maximum atomic E-state index is 12.0. The van der Waals surface area contributed by atoms with Crippen LogP contribution < -0.4 is 11.1 Å². The number of hydrogen-bond acceptors (Lipinski definition) is 2. The molecule has 2 atom stereocenters. The molecule has 0 bridgehead atoms. The third-order valence-corrected chi connectivity index (χ3v) is 4.83. The molecule has 1 amide bonds. The lowest BCUT2D eigenvalue weighted by atomic mass is 9.77. The first-order valence-electron chi connectivity index (χ1n) is 7.94. The van der Waals surface area contributed by atoms with E-state index in [9.17, 15) is 4.79 Å². The molecule has 0 fully saturated rings. The van der Waals surface area contributed by atoms with E-state index in [0.717, 1.165) is 32.2 Å². The highest BCUT2D eigenvalue weighted by atomic mass is 16.1. The summed E-state index contributed by atoms with van der Waals surface area (Å²) in [6.07, 6.45) is 3.87. The summed E-state index contributed by atoms with van der Waals surface area (Å²) in [6.45, 7) is 13.9. The minimum atomic E-state index is -0.536. The zero-order valence-corrected chi connectivity index (χ0v) is 13.8. The average Bonchev–Trinajstić information content (AvgIpc) is 2.37. The summed E-state index contributed by atoms with van der Waals surface area (Å²) in [5, 5.41) is 3.54. The molecule has 19 heavy (non-hydrogen) atoms. The van der Waals surface area contributed by atoms with Gasteiger partial charge in [0.15, 0.2) is 0 Å². The van der Waals surface area contributed by atoms with Crippen LogP contribution in [0, 0.1) is 17.8 Å². The van der Waals surface area contributed by atoms with Gasteiger partial charge in [0.1, 0.15) is 5.54 Å². The van der Waals surface area contributed by atoms with Crippen LogP contribution in [0.4, 0.5) is 0 Å². The molecular weight excluding hydrogens is 236 g/mol. The Morgan fingerprint density at radius 1 is 1.11 bits per heavy atom. The smallest absolute Gasteiger partial charge is 0.238 e. The van der Waals surface area contributed by atoms with Crippen LogP contribution in [-0.2, 0) is 4.79 Å². The summed E-state index contributed by atoms with van der Waals surface area (Å²) in [7, 11) is 0. The first-order chi connectivity index (χ1) is 8.89. The van der Waals surface area contributed by atoms with Crippen LogP contribution in [0.2, 0.25) is 0 Å². The van der Waals surface area contributed by atoms with E-state index < -0.39 is 5.54 Å². The summed E-state index contributed by atoms with van der Waals surface area (Å²) in [6, 6.07) is 0. The summed E-state index contributed by atoms with van der Waals surface area (Å²) >= 11 is 0. The Balaban J connectivity index is 5.00. The Morgan fingerprint density at radius 3 is 1.89 bits per heavy atom. The van der Waals surface area contributed by atoms with Gasteiger partial charge in [-0.15, -0.1) is 0 Å². The fourth-order valence-corrected chi connectivity index (χ4v) is 3.17. The molecule has 0 aromatic heterocycles. The number of carbonyl (C=O) groups is 1. The summed E-state index contributed by atoms with van der Waals surface area (Å²) in [5.74, 6) is 1.35. The third kappa shape index (κ3) is 4.48. The lowest BCUT2D eigenvalue weighted by Crippen LogP contribution is -2.60.